The molecule has 0 saturated heterocycles. The third kappa shape index (κ3) is 3.77. The number of nitrogens with zero attached hydrogens (tertiary/aromatic N) is 1. The first-order valence-corrected chi connectivity index (χ1v) is 6.67. The predicted octanol–water partition coefficient (Wildman–Crippen LogP) is 1.75. The van der Waals surface area contributed by atoms with Crippen molar-refractivity contribution in [3.63, 3.8) is 0 Å². The number of ether oxygens (including phenoxy) is 1. The van der Waals surface area contributed by atoms with E-state index in [9.17, 15) is 5.11 Å². The lowest BCUT2D eigenvalue weighted by Crippen LogP contribution is -2.31. The van der Waals surface area contributed by atoms with Crippen LogP contribution in [0.25, 0.3) is 0 Å². The second kappa shape index (κ2) is 6.67. The van der Waals surface area contributed by atoms with Crippen LogP contribution >= 0.6 is 0 Å². The van der Waals surface area contributed by atoms with Crippen molar-refractivity contribution in [3.8, 4) is 6.07 Å². The third-order valence-electron chi connectivity index (χ3n) is 3.74. The lowest BCUT2D eigenvalue weighted by Gasteiger charge is -2.17. The van der Waals surface area contributed by atoms with Gasteiger partial charge >= 0.3 is 0 Å². The first-order valence-electron chi connectivity index (χ1n) is 6.67. The fourth-order valence-corrected chi connectivity index (χ4v) is 2.52. The Kier molecular flexibility index (Phi) is 4.92. The van der Waals surface area contributed by atoms with E-state index in [0.29, 0.717) is 24.3 Å². The van der Waals surface area contributed by atoms with E-state index in [-0.39, 0.29) is 0 Å². The van der Waals surface area contributed by atoms with Crippen LogP contribution < -0.4 is 5.32 Å². The molecule has 4 nitrogen and oxygen atoms in total. The van der Waals surface area contributed by atoms with Gasteiger partial charge in [-0.1, -0.05) is 12.1 Å². The Morgan fingerprint density at radius 2 is 2.16 bits per heavy atom. The molecule has 2 rings (SSSR count). The van der Waals surface area contributed by atoms with Gasteiger partial charge < -0.3 is 15.2 Å². The highest BCUT2D eigenvalue weighted by Gasteiger charge is 2.24. The number of aliphatic hydroxyl groups excluding tert-OH is 1. The molecule has 1 saturated carbocycles. The molecule has 1 aliphatic carbocycles. The van der Waals surface area contributed by atoms with Crippen molar-refractivity contribution < 1.29 is 9.84 Å². The molecule has 1 fully saturated rings. The van der Waals surface area contributed by atoms with Crippen molar-refractivity contribution in [1.29, 1.82) is 5.26 Å². The molecule has 1 aromatic rings. The van der Waals surface area contributed by atoms with Crippen LogP contribution in [0, 0.1) is 11.3 Å². The number of nitriles is 1. The fourth-order valence-electron chi connectivity index (χ4n) is 2.52. The van der Waals surface area contributed by atoms with Crippen molar-refractivity contribution >= 4 is 0 Å². The number of hydrogen-bond acceptors (Lipinski definition) is 4. The summed E-state index contributed by atoms with van der Waals surface area (Å²) in [6, 6.07) is 9.57. The number of methoxy groups -OCH3 is 1. The van der Waals surface area contributed by atoms with Gasteiger partial charge in [0, 0.05) is 19.7 Å². The maximum Gasteiger partial charge on any atom is 0.0991 e. The van der Waals surface area contributed by atoms with E-state index in [2.05, 4.69) is 11.4 Å². The Morgan fingerprint density at radius 3 is 2.74 bits per heavy atom. The summed E-state index contributed by atoms with van der Waals surface area (Å²) in [5.41, 5.74) is 1.45. The van der Waals surface area contributed by atoms with Gasteiger partial charge in [-0.2, -0.15) is 5.26 Å². The fraction of sp³-hybridized carbons (Fsp3) is 0.533. The summed E-state index contributed by atoms with van der Waals surface area (Å²) >= 11 is 0. The van der Waals surface area contributed by atoms with E-state index in [0.717, 1.165) is 24.8 Å². The zero-order valence-corrected chi connectivity index (χ0v) is 11.2. The molecule has 3 atom stereocenters. The Hall–Kier alpha value is -1.41. The summed E-state index contributed by atoms with van der Waals surface area (Å²) < 4.78 is 5.33. The van der Waals surface area contributed by atoms with Gasteiger partial charge in [-0.15, -0.1) is 0 Å². The van der Waals surface area contributed by atoms with E-state index in [1.165, 1.54) is 0 Å². The molecule has 0 bridgehead atoms. The molecule has 0 heterocycles. The number of benzene rings is 1. The molecular weight excluding hydrogens is 240 g/mol. The number of rotatable bonds is 5. The van der Waals surface area contributed by atoms with E-state index in [1.54, 1.807) is 31.4 Å². The summed E-state index contributed by atoms with van der Waals surface area (Å²) in [7, 11) is 1.75. The van der Waals surface area contributed by atoms with Crippen molar-refractivity contribution in [3.05, 3.63) is 35.4 Å². The van der Waals surface area contributed by atoms with E-state index >= 15 is 0 Å². The SMILES string of the molecule is COC1CCC(NCC(O)c2ccc(C#N)cc2)C1. The highest BCUT2D eigenvalue weighted by molar-refractivity contribution is 5.32. The van der Waals surface area contributed by atoms with E-state index < -0.39 is 6.10 Å². The van der Waals surface area contributed by atoms with Crippen molar-refractivity contribution in [1.82, 2.24) is 5.32 Å². The lowest BCUT2D eigenvalue weighted by molar-refractivity contribution is 0.105. The van der Waals surface area contributed by atoms with E-state index in [1.807, 2.05) is 0 Å². The van der Waals surface area contributed by atoms with Crippen LogP contribution in [0.3, 0.4) is 0 Å². The maximum absolute atomic E-state index is 10.1. The summed E-state index contributed by atoms with van der Waals surface area (Å²) in [6.45, 7) is 0.535. The Labute approximate surface area is 114 Å². The average molecular weight is 260 g/mol. The lowest BCUT2D eigenvalue weighted by atomic mass is 10.1. The molecule has 0 radical (unpaired) electrons. The summed E-state index contributed by atoms with van der Waals surface area (Å²) in [5.74, 6) is 0. The molecule has 3 unspecified atom stereocenters. The molecule has 1 aromatic carbocycles. The highest BCUT2D eigenvalue weighted by Crippen LogP contribution is 2.22. The van der Waals surface area contributed by atoms with Crippen LogP contribution in [0.1, 0.15) is 36.5 Å². The quantitative estimate of drug-likeness (QED) is 0.846. The van der Waals surface area contributed by atoms with Crippen molar-refractivity contribution in [2.75, 3.05) is 13.7 Å². The molecule has 4 heteroatoms. The number of nitrogens with one attached hydrogen (secondary N) is 1. The topological polar surface area (TPSA) is 65.3 Å². The largest absolute Gasteiger partial charge is 0.387 e. The normalized spacial score (nSPS) is 24.1. The minimum Gasteiger partial charge on any atom is -0.387 e. The monoisotopic (exact) mass is 260 g/mol. The number of hydrogen-bond donors (Lipinski definition) is 2. The summed E-state index contributed by atoms with van der Waals surface area (Å²) in [4.78, 5) is 0. The molecule has 2 N–H and O–H groups in total. The molecule has 0 aromatic heterocycles. The maximum atomic E-state index is 10.1. The Balaban J connectivity index is 1.81. The van der Waals surface area contributed by atoms with Gasteiger partial charge in [-0.05, 0) is 37.0 Å². The average Bonchev–Trinajstić information content (AvgIpc) is 2.93. The van der Waals surface area contributed by atoms with Gasteiger partial charge in [0.05, 0.1) is 23.8 Å². The first kappa shape index (κ1) is 14.0. The molecule has 102 valence electrons. The molecule has 19 heavy (non-hydrogen) atoms. The Morgan fingerprint density at radius 1 is 1.42 bits per heavy atom. The molecule has 1 aliphatic rings. The zero-order valence-electron chi connectivity index (χ0n) is 11.2. The van der Waals surface area contributed by atoms with Gasteiger partial charge in [0.1, 0.15) is 0 Å². The predicted molar refractivity (Wildman–Crippen MR) is 72.6 cm³/mol. The van der Waals surface area contributed by atoms with E-state index in [4.69, 9.17) is 10.00 Å². The van der Waals surface area contributed by atoms with Crippen LogP contribution in [0.5, 0.6) is 0 Å². The van der Waals surface area contributed by atoms with Crippen LogP contribution in [0.2, 0.25) is 0 Å². The van der Waals surface area contributed by atoms with Crippen LogP contribution in [0.15, 0.2) is 24.3 Å². The van der Waals surface area contributed by atoms with Gasteiger partial charge in [0.15, 0.2) is 0 Å². The van der Waals surface area contributed by atoms with Crippen LogP contribution in [0.4, 0.5) is 0 Å². The third-order valence-corrected chi connectivity index (χ3v) is 3.74. The minimum absolute atomic E-state index is 0.351. The second-order valence-corrected chi connectivity index (χ2v) is 5.03. The van der Waals surface area contributed by atoms with Crippen molar-refractivity contribution in [2.45, 2.75) is 37.5 Å². The molecule has 0 aliphatic heterocycles. The smallest absolute Gasteiger partial charge is 0.0991 e. The van der Waals surface area contributed by atoms with Gasteiger partial charge in [0.2, 0.25) is 0 Å². The highest BCUT2D eigenvalue weighted by atomic mass is 16.5. The summed E-state index contributed by atoms with van der Waals surface area (Å²) in [6.07, 6.45) is 3.01. The van der Waals surface area contributed by atoms with Gasteiger partial charge in [-0.3, -0.25) is 0 Å². The van der Waals surface area contributed by atoms with Crippen LogP contribution in [-0.2, 0) is 4.74 Å². The zero-order chi connectivity index (χ0) is 13.7. The summed E-state index contributed by atoms with van der Waals surface area (Å²) in [5, 5.41) is 22.2. The van der Waals surface area contributed by atoms with Gasteiger partial charge in [-0.25, -0.2) is 0 Å². The minimum atomic E-state index is -0.533. The molecule has 0 spiro atoms. The van der Waals surface area contributed by atoms with Crippen LogP contribution in [-0.4, -0.2) is 30.9 Å². The Bertz CT molecular complexity index is 438. The molecular formula is C15H20N2O2. The van der Waals surface area contributed by atoms with Gasteiger partial charge in [0.25, 0.3) is 0 Å². The number of aliphatic hydroxyl groups is 1. The molecule has 0 amide bonds. The second-order valence-electron chi connectivity index (χ2n) is 5.03. The first-order chi connectivity index (χ1) is 9.22. The standard InChI is InChI=1S/C15H20N2O2/c1-19-14-7-6-13(8-14)17-10-15(18)12-4-2-11(9-16)3-5-12/h2-5,13-15,17-18H,6-8,10H2,1H3. The van der Waals surface area contributed by atoms with Crippen molar-refractivity contribution in [2.24, 2.45) is 0 Å².